The van der Waals surface area contributed by atoms with E-state index in [4.69, 9.17) is 0 Å². The topological polar surface area (TPSA) is 35.5 Å². The normalized spacial score (nSPS) is 12.6. The molecule has 0 aliphatic rings. The second-order valence-electron chi connectivity index (χ2n) is 3.68. The summed E-state index contributed by atoms with van der Waals surface area (Å²) in [4.78, 5) is 2.01. The fourth-order valence-corrected chi connectivity index (χ4v) is 1.99. The maximum Gasteiger partial charge on any atom is 0.0915 e. The fourth-order valence-electron chi connectivity index (χ4n) is 1.39. The molecule has 84 valence electrons. The Kier molecular flexibility index (Phi) is 4.57. The van der Waals surface area contributed by atoms with E-state index in [0.717, 1.165) is 15.7 Å². The van der Waals surface area contributed by atoms with Crippen molar-refractivity contribution >= 4 is 21.6 Å². The van der Waals surface area contributed by atoms with E-state index in [1.807, 2.05) is 44.2 Å². The second kappa shape index (κ2) is 5.49. The number of nitrogens with zero attached hydrogens (tertiary/aromatic N) is 1. The summed E-state index contributed by atoms with van der Waals surface area (Å²) in [6, 6.07) is 5.88. The van der Waals surface area contributed by atoms with Crippen LogP contribution in [0.25, 0.3) is 0 Å². The molecular weight excluding hydrogens is 256 g/mol. The molecule has 0 saturated heterocycles. The van der Waals surface area contributed by atoms with Crippen LogP contribution in [0.5, 0.6) is 0 Å². The largest absolute Gasteiger partial charge is 0.387 e. The van der Waals surface area contributed by atoms with E-state index in [2.05, 4.69) is 21.2 Å². The first-order chi connectivity index (χ1) is 7.06. The van der Waals surface area contributed by atoms with E-state index in [-0.39, 0.29) is 0 Å². The average molecular weight is 273 g/mol. The lowest BCUT2D eigenvalue weighted by Crippen LogP contribution is -2.17. The Hall–Kier alpha value is -0.580. The zero-order valence-electron chi connectivity index (χ0n) is 9.29. The third kappa shape index (κ3) is 3.19. The van der Waals surface area contributed by atoms with Crippen molar-refractivity contribution in [2.24, 2.45) is 0 Å². The lowest BCUT2D eigenvalue weighted by Gasteiger charge is -2.18. The SMILES string of the molecule is CNCC(O)c1ccc(Br)c(N(C)C)c1. The summed E-state index contributed by atoms with van der Waals surface area (Å²) in [7, 11) is 5.79. The molecule has 1 aromatic carbocycles. The number of halogens is 1. The Morgan fingerprint density at radius 3 is 2.67 bits per heavy atom. The number of likely N-dealkylation sites (N-methyl/N-ethyl adjacent to an activating group) is 1. The minimum atomic E-state index is -0.457. The first-order valence-corrected chi connectivity index (χ1v) is 5.65. The van der Waals surface area contributed by atoms with Crippen LogP contribution in [0.4, 0.5) is 5.69 Å². The summed E-state index contributed by atoms with van der Waals surface area (Å²) in [5, 5.41) is 12.8. The van der Waals surface area contributed by atoms with Crippen molar-refractivity contribution in [1.29, 1.82) is 0 Å². The van der Waals surface area contributed by atoms with E-state index in [0.29, 0.717) is 6.54 Å². The number of anilines is 1. The number of hydrogen-bond donors (Lipinski definition) is 2. The molecule has 1 atom stereocenters. The molecule has 3 nitrogen and oxygen atoms in total. The van der Waals surface area contributed by atoms with E-state index in [1.165, 1.54) is 0 Å². The Morgan fingerprint density at radius 1 is 1.47 bits per heavy atom. The lowest BCUT2D eigenvalue weighted by atomic mass is 10.1. The van der Waals surface area contributed by atoms with E-state index >= 15 is 0 Å². The molecule has 0 amide bonds. The third-order valence-corrected chi connectivity index (χ3v) is 2.90. The fraction of sp³-hybridized carbons (Fsp3) is 0.455. The molecule has 0 bridgehead atoms. The standard InChI is InChI=1S/C11H17BrN2O/c1-13-7-11(15)8-4-5-9(12)10(6-8)14(2)3/h4-6,11,13,15H,7H2,1-3H3. The van der Waals surface area contributed by atoms with Crippen LogP contribution >= 0.6 is 15.9 Å². The Bertz CT molecular complexity index is 328. The van der Waals surface area contributed by atoms with Gasteiger partial charge in [0.1, 0.15) is 0 Å². The summed E-state index contributed by atoms with van der Waals surface area (Å²) in [6.45, 7) is 0.564. The highest BCUT2D eigenvalue weighted by molar-refractivity contribution is 9.10. The van der Waals surface area contributed by atoms with Crippen molar-refractivity contribution in [3.63, 3.8) is 0 Å². The minimum Gasteiger partial charge on any atom is -0.387 e. The van der Waals surface area contributed by atoms with Crippen molar-refractivity contribution in [2.45, 2.75) is 6.10 Å². The summed E-state index contributed by atoms with van der Waals surface area (Å²) in [5.41, 5.74) is 2.00. The highest BCUT2D eigenvalue weighted by Gasteiger charge is 2.09. The van der Waals surface area contributed by atoms with Gasteiger partial charge in [-0.25, -0.2) is 0 Å². The molecule has 0 aliphatic heterocycles. The van der Waals surface area contributed by atoms with E-state index in [9.17, 15) is 5.11 Å². The molecule has 4 heteroatoms. The molecule has 0 fully saturated rings. The monoisotopic (exact) mass is 272 g/mol. The van der Waals surface area contributed by atoms with Crippen molar-refractivity contribution in [2.75, 3.05) is 32.6 Å². The van der Waals surface area contributed by atoms with Crippen LogP contribution in [-0.2, 0) is 0 Å². The van der Waals surface area contributed by atoms with Crippen molar-refractivity contribution < 1.29 is 5.11 Å². The number of aliphatic hydroxyl groups excluding tert-OH is 1. The van der Waals surface area contributed by atoms with Crippen LogP contribution in [0, 0.1) is 0 Å². The molecule has 15 heavy (non-hydrogen) atoms. The van der Waals surface area contributed by atoms with Gasteiger partial charge in [-0.3, -0.25) is 0 Å². The molecule has 2 N–H and O–H groups in total. The van der Waals surface area contributed by atoms with Gasteiger partial charge in [0.2, 0.25) is 0 Å². The van der Waals surface area contributed by atoms with Crippen LogP contribution < -0.4 is 10.2 Å². The molecule has 1 rings (SSSR count). The van der Waals surface area contributed by atoms with Gasteiger partial charge in [0, 0.05) is 25.1 Å². The Labute approximate surface area is 99.2 Å². The molecule has 0 aliphatic carbocycles. The van der Waals surface area contributed by atoms with Gasteiger partial charge in [-0.2, -0.15) is 0 Å². The maximum absolute atomic E-state index is 9.82. The van der Waals surface area contributed by atoms with Crippen LogP contribution in [0.1, 0.15) is 11.7 Å². The predicted molar refractivity (Wildman–Crippen MR) is 67.4 cm³/mol. The van der Waals surface area contributed by atoms with Crippen LogP contribution in [0.3, 0.4) is 0 Å². The average Bonchev–Trinajstić information content (AvgIpc) is 2.18. The molecule has 0 saturated carbocycles. The molecule has 1 unspecified atom stereocenters. The number of benzene rings is 1. The zero-order chi connectivity index (χ0) is 11.4. The highest BCUT2D eigenvalue weighted by Crippen LogP contribution is 2.28. The zero-order valence-corrected chi connectivity index (χ0v) is 10.9. The highest BCUT2D eigenvalue weighted by atomic mass is 79.9. The number of aliphatic hydroxyl groups is 1. The van der Waals surface area contributed by atoms with Gasteiger partial charge in [-0.05, 0) is 40.7 Å². The molecular formula is C11H17BrN2O. The Morgan fingerprint density at radius 2 is 2.13 bits per heavy atom. The van der Waals surface area contributed by atoms with Gasteiger partial charge in [0.05, 0.1) is 11.8 Å². The van der Waals surface area contributed by atoms with Gasteiger partial charge in [-0.15, -0.1) is 0 Å². The van der Waals surface area contributed by atoms with Crippen LogP contribution in [0.15, 0.2) is 22.7 Å². The number of rotatable bonds is 4. The second-order valence-corrected chi connectivity index (χ2v) is 4.53. The van der Waals surface area contributed by atoms with Gasteiger partial charge in [0.15, 0.2) is 0 Å². The third-order valence-electron chi connectivity index (χ3n) is 2.23. The smallest absolute Gasteiger partial charge is 0.0915 e. The summed E-state index contributed by atoms with van der Waals surface area (Å²) in [6.07, 6.45) is -0.457. The molecule has 0 aromatic heterocycles. The van der Waals surface area contributed by atoms with E-state index < -0.39 is 6.10 Å². The first-order valence-electron chi connectivity index (χ1n) is 4.85. The summed E-state index contributed by atoms with van der Waals surface area (Å²) >= 11 is 3.48. The van der Waals surface area contributed by atoms with Gasteiger partial charge in [0.25, 0.3) is 0 Å². The molecule has 1 aromatic rings. The van der Waals surface area contributed by atoms with Crippen molar-refractivity contribution in [1.82, 2.24) is 5.32 Å². The quantitative estimate of drug-likeness (QED) is 0.877. The first kappa shape index (κ1) is 12.5. The summed E-state index contributed by atoms with van der Waals surface area (Å²) in [5.74, 6) is 0. The van der Waals surface area contributed by atoms with Crippen LogP contribution in [0.2, 0.25) is 0 Å². The van der Waals surface area contributed by atoms with E-state index in [1.54, 1.807) is 0 Å². The number of nitrogens with one attached hydrogen (secondary N) is 1. The molecule has 0 radical (unpaired) electrons. The minimum absolute atomic E-state index is 0.457. The Balaban J connectivity index is 2.96. The van der Waals surface area contributed by atoms with Gasteiger partial charge >= 0.3 is 0 Å². The predicted octanol–water partition coefficient (Wildman–Crippen LogP) is 1.77. The summed E-state index contributed by atoms with van der Waals surface area (Å²) < 4.78 is 1.04. The van der Waals surface area contributed by atoms with Gasteiger partial charge in [-0.1, -0.05) is 6.07 Å². The van der Waals surface area contributed by atoms with Crippen molar-refractivity contribution in [3.05, 3.63) is 28.2 Å². The van der Waals surface area contributed by atoms with Gasteiger partial charge < -0.3 is 15.3 Å². The number of hydrogen-bond acceptors (Lipinski definition) is 3. The maximum atomic E-state index is 9.82. The lowest BCUT2D eigenvalue weighted by molar-refractivity contribution is 0.178. The molecule has 0 spiro atoms. The van der Waals surface area contributed by atoms with Crippen molar-refractivity contribution in [3.8, 4) is 0 Å². The molecule has 0 heterocycles. The van der Waals surface area contributed by atoms with Crippen LogP contribution in [-0.4, -0.2) is 32.8 Å².